The molecule has 0 aromatic heterocycles. The van der Waals surface area contributed by atoms with Crippen LogP contribution in [0.5, 0.6) is 0 Å². The Bertz CT molecular complexity index is 71.6. The van der Waals surface area contributed by atoms with Crippen molar-refractivity contribution in [2.24, 2.45) is 0 Å². The summed E-state index contributed by atoms with van der Waals surface area (Å²) in [6.45, 7) is 3.32. The fourth-order valence-corrected chi connectivity index (χ4v) is 0.211. The molecular formula is C4H6OS. The highest BCUT2D eigenvalue weighted by atomic mass is 32.1. The van der Waals surface area contributed by atoms with Crippen molar-refractivity contribution >= 4 is 12.6 Å². The number of rotatable bonds is 1. The molecule has 0 saturated heterocycles. The molecule has 0 aromatic rings. The third kappa shape index (κ3) is 3.63. The van der Waals surface area contributed by atoms with Crippen LogP contribution < -0.4 is 0 Å². The molecule has 0 radical (unpaired) electrons. The minimum atomic E-state index is -0.00926. The molecule has 0 atom stereocenters. The minimum Gasteiger partial charge on any atom is -0.502 e. The molecule has 6 heavy (non-hydrogen) atoms. The van der Waals surface area contributed by atoms with Gasteiger partial charge in [0, 0.05) is 0 Å². The van der Waals surface area contributed by atoms with Crippen molar-refractivity contribution in [2.45, 2.75) is 0 Å². The third-order valence-corrected chi connectivity index (χ3v) is 0.416. The molecule has 0 aliphatic rings. The van der Waals surface area contributed by atoms with Gasteiger partial charge < -0.3 is 5.11 Å². The molecule has 0 aliphatic heterocycles. The van der Waals surface area contributed by atoms with Gasteiger partial charge in [0.15, 0.2) is 0 Å². The lowest BCUT2D eigenvalue weighted by Crippen LogP contribution is -1.57. The number of aliphatic hydroxyl groups excluding tert-OH is 1. The van der Waals surface area contributed by atoms with Gasteiger partial charge >= 0.3 is 0 Å². The maximum absolute atomic E-state index is 8.21. The molecule has 34 valence electrons. The van der Waals surface area contributed by atoms with Crippen molar-refractivity contribution in [3.63, 3.8) is 0 Å². The lowest BCUT2D eigenvalue weighted by Gasteiger charge is -1.75. The number of hydrogen-bond acceptors (Lipinski definition) is 2. The van der Waals surface area contributed by atoms with Crippen LogP contribution in [-0.4, -0.2) is 5.11 Å². The zero-order valence-electron chi connectivity index (χ0n) is 3.26. The second-order valence-corrected chi connectivity index (χ2v) is 1.22. The first-order valence-corrected chi connectivity index (χ1v) is 1.92. The molecule has 1 nitrogen and oxygen atoms in total. The van der Waals surface area contributed by atoms with Gasteiger partial charge in [-0.15, -0.1) is 12.6 Å². The summed E-state index contributed by atoms with van der Waals surface area (Å²) in [5, 5.41) is 8.20. The minimum absolute atomic E-state index is 0.00926. The lowest BCUT2D eigenvalue weighted by atomic mass is 10.6. The van der Waals surface area contributed by atoms with Crippen molar-refractivity contribution in [2.75, 3.05) is 0 Å². The summed E-state index contributed by atoms with van der Waals surface area (Å²) in [6, 6.07) is 0. The monoisotopic (exact) mass is 102 g/mol. The Kier molecular flexibility index (Phi) is 2.67. The molecule has 0 aromatic carbocycles. The van der Waals surface area contributed by atoms with E-state index in [1.807, 2.05) is 0 Å². The highest BCUT2D eigenvalue weighted by Gasteiger charge is 1.67. The Balaban J connectivity index is 3.41. The van der Waals surface area contributed by atoms with Crippen molar-refractivity contribution < 1.29 is 5.11 Å². The molecule has 0 amide bonds. The fourth-order valence-electron chi connectivity index (χ4n) is 0.105. The van der Waals surface area contributed by atoms with Crippen molar-refractivity contribution in [3.05, 3.63) is 23.8 Å². The second-order valence-electron chi connectivity index (χ2n) is 0.761. The van der Waals surface area contributed by atoms with Crippen LogP contribution in [0, 0.1) is 0 Å². The van der Waals surface area contributed by atoms with Crippen molar-refractivity contribution in [1.29, 1.82) is 0 Å². The van der Waals surface area contributed by atoms with E-state index in [-0.39, 0.29) is 5.09 Å². The van der Waals surface area contributed by atoms with Gasteiger partial charge in [-0.25, -0.2) is 0 Å². The second kappa shape index (κ2) is 2.85. The van der Waals surface area contributed by atoms with E-state index in [0.717, 1.165) is 0 Å². The quantitative estimate of drug-likeness (QED) is 0.292. The number of allylic oxidation sites excluding steroid dienone is 2. The Morgan fingerprint density at radius 2 is 2.33 bits per heavy atom. The van der Waals surface area contributed by atoms with Gasteiger partial charge in [-0.05, 0) is 6.08 Å². The Hall–Kier alpha value is -0.370. The van der Waals surface area contributed by atoms with Gasteiger partial charge in [0.2, 0.25) is 0 Å². The fraction of sp³-hybridized carbons (Fsp3) is 0. The number of hydrogen-bond donors (Lipinski definition) is 2. The predicted octanol–water partition coefficient (Wildman–Crippen LogP) is 1.50. The average Bonchev–Trinajstić information content (AvgIpc) is 1.35. The molecule has 0 saturated carbocycles. The zero-order valence-corrected chi connectivity index (χ0v) is 4.15. The Morgan fingerprint density at radius 3 is 2.33 bits per heavy atom. The molecule has 2 heteroatoms. The van der Waals surface area contributed by atoms with E-state index < -0.39 is 0 Å². The van der Waals surface area contributed by atoms with Crippen LogP contribution in [0.15, 0.2) is 23.8 Å². The third-order valence-electron chi connectivity index (χ3n) is 0.267. The van der Waals surface area contributed by atoms with E-state index in [1.165, 1.54) is 12.2 Å². The summed E-state index contributed by atoms with van der Waals surface area (Å²) >= 11 is 3.52. The maximum atomic E-state index is 8.21. The van der Waals surface area contributed by atoms with Crippen LogP contribution in [-0.2, 0) is 0 Å². The largest absolute Gasteiger partial charge is 0.502 e. The Labute approximate surface area is 42.4 Å². The maximum Gasteiger partial charge on any atom is 0.146 e. The molecule has 0 rings (SSSR count). The summed E-state index contributed by atoms with van der Waals surface area (Å²) < 4.78 is 0. The van der Waals surface area contributed by atoms with Crippen LogP contribution in [0.2, 0.25) is 0 Å². The van der Waals surface area contributed by atoms with E-state index in [0.29, 0.717) is 0 Å². The van der Waals surface area contributed by atoms with Crippen LogP contribution in [0.25, 0.3) is 0 Å². The summed E-state index contributed by atoms with van der Waals surface area (Å²) in [4.78, 5) is 0. The highest BCUT2D eigenvalue weighted by Crippen LogP contribution is 1.90. The molecule has 0 heterocycles. The smallest absolute Gasteiger partial charge is 0.146 e. The average molecular weight is 102 g/mol. The van der Waals surface area contributed by atoms with E-state index in [2.05, 4.69) is 19.2 Å². The van der Waals surface area contributed by atoms with Gasteiger partial charge in [-0.3, -0.25) is 0 Å². The van der Waals surface area contributed by atoms with Gasteiger partial charge in [0.25, 0.3) is 0 Å². The number of thiol groups is 1. The SMILES string of the molecule is C=C/C=C(/O)S. The van der Waals surface area contributed by atoms with E-state index in [9.17, 15) is 0 Å². The molecule has 0 fully saturated rings. The highest BCUT2D eigenvalue weighted by molar-refractivity contribution is 7.84. The number of aliphatic hydroxyl groups is 1. The summed E-state index contributed by atoms with van der Waals surface area (Å²) in [5.41, 5.74) is 0. The van der Waals surface area contributed by atoms with E-state index in [4.69, 9.17) is 5.11 Å². The van der Waals surface area contributed by atoms with Crippen molar-refractivity contribution in [3.8, 4) is 0 Å². The van der Waals surface area contributed by atoms with Gasteiger partial charge in [-0.1, -0.05) is 12.7 Å². The molecule has 1 N–H and O–H groups in total. The first-order chi connectivity index (χ1) is 2.77. The Morgan fingerprint density at radius 1 is 1.83 bits per heavy atom. The zero-order chi connectivity index (χ0) is 4.99. The predicted molar refractivity (Wildman–Crippen MR) is 29.9 cm³/mol. The van der Waals surface area contributed by atoms with E-state index >= 15 is 0 Å². The molecule has 0 bridgehead atoms. The van der Waals surface area contributed by atoms with Gasteiger partial charge in [-0.2, -0.15) is 0 Å². The van der Waals surface area contributed by atoms with Gasteiger partial charge in [0.1, 0.15) is 5.09 Å². The van der Waals surface area contributed by atoms with Crippen LogP contribution in [0.1, 0.15) is 0 Å². The standard InChI is InChI=1S/C4H6OS/c1-2-3-4(5)6/h2-3,5-6H,1H2/b4-3-. The molecule has 0 unspecified atom stereocenters. The van der Waals surface area contributed by atoms with E-state index in [1.54, 1.807) is 0 Å². The summed E-state index contributed by atoms with van der Waals surface area (Å²) in [6.07, 6.45) is 2.85. The molecule has 0 spiro atoms. The first kappa shape index (κ1) is 5.63. The molecule has 0 aliphatic carbocycles. The van der Waals surface area contributed by atoms with Crippen LogP contribution >= 0.6 is 12.6 Å². The van der Waals surface area contributed by atoms with Crippen LogP contribution in [0.4, 0.5) is 0 Å². The van der Waals surface area contributed by atoms with Gasteiger partial charge in [0.05, 0.1) is 0 Å². The summed E-state index contributed by atoms with van der Waals surface area (Å²) in [7, 11) is 0. The summed E-state index contributed by atoms with van der Waals surface area (Å²) in [5.74, 6) is 0. The normalized spacial score (nSPS) is 11.2. The van der Waals surface area contributed by atoms with Crippen LogP contribution in [0.3, 0.4) is 0 Å². The molecular weight excluding hydrogens is 96.1 g/mol. The first-order valence-electron chi connectivity index (χ1n) is 1.48. The van der Waals surface area contributed by atoms with Crippen molar-refractivity contribution in [1.82, 2.24) is 0 Å². The topological polar surface area (TPSA) is 20.2 Å². The lowest BCUT2D eigenvalue weighted by molar-refractivity contribution is 0.458.